The third kappa shape index (κ3) is 4.31. The third-order valence-corrected chi connectivity index (χ3v) is 5.20. The van der Waals surface area contributed by atoms with E-state index >= 15 is 0 Å². The predicted molar refractivity (Wildman–Crippen MR) is 109 cm³/mol. The van der Waals surface area contributed by atoms with E-state index in [1.54, 1.807) is 49.4 Å². The second-order valence-electron chi connectivity index (χ2n) is 7.23. The lowest BCUT2D eigenvalue weighted by atomic mass is 9.92. The van der Waals surface area contributed by atoms with Gasteiger partial charge >= 0.3 is 12.1 Å². The van der Waals surface area contributed by atoms with Gasteiger partial charge < -0.3 is 14.4 Å². The normalized spacial score (nSPS) is 18.0. The van der Waals surface area contributed by atoms with Gasteiger partial charge in [-0.3, -0.25) is 9.59 Å². The van der Waals surface area contributed by atoms with Crippen molar-refractivity contribution < 1.29 is 27.8 Å². The van der Waals surface area contributed by atoms with Gasteiger partial charge in [0.15, 0.2) is 0 Å². The number of esters is 1. The van der Waals surface area contributed by atoms with Gasteiger partial charge in [-0.1, -0.05) is 18.2 Å². The van der Waals surface area contributed by atoms with Gasteiger partial charge in [0.05, 0.1) is 19.1 Å². The molecule has 3 rings (SSSR count). The lowest BCUT2D eigenvalue weighted by Crippen LogP contribution is -2.49. The van der Waals surface area contributed by atoms with Crippen LogP contribution in [0.15, 0.2) is 55.1 Å². The van der Waals surface area contributed by atoms with Crippen molar-refractivity contribution in [2.24, 2.45) is 0 Å². The van der Waals surface area contributed by atoms with Gasteiger partial charge in [0.1, 0.15) is 5.75 Å². The quantitative estimate of drug-likeness (QED) is 0.472. The van der Waals surface area contributed by atoms with E-state index in [4.69, 9.17) is 16.3 Å². The van der Waals surface area contributed by atoms with Crippen molar-refractivity contribution in [3.63, 3.8) is 0 Å². The summed E-state index contributed by atoms with van der Waals surface area (Å²) >= 11 is 5.91. The number of hydrogen-bond donors (Lipinski definition) is 0. The molecule has 1 unspecified atom stereocenters. The molecule has 158 valence electrons. The zero-order chi connectivity index (χ0) is 22.1. The molecule has 1 atom stereocenters. The molecule has 0 bridgehead atoms. The molecule has 5 nitrogen and oxygen atoms in total. The highest BCUT2D eigenvalue weighted by atomic mass is 35.5. The summed E-state index contributed by atoms with van der Waals surface area (Å²) < 4.78 is 36.4. The monoisotopic (exact) mass is 435 g/mol. The molecule has 1 amide bonds. The van der Waals surface area contributed by atoms with Crippen molar-refractivity contribution in [2.75, 3.05) is 12.0 Å². The lowest BCUT2D eigenvalue weighted by Gasteiger charge is -2.35. The van der Waals surface area contributed by atoms with E-state index in [1.807, 2.05) is 0 Å². The van der Waals surface area contributed by atoms with Gasteiger partial charge in [0.2, 0.25) is 0 Å². The zero-order valence-corrected chi connectivity index (χ0v) is 17.2. The zero-order valence-electron chi connectivity index (χ0n) is 16.5. The number of carbonyl (C=O) groups is 2. The van der Waals surface area contributed by atoms with E-state index in [-0.39, 0.29) is 18.4 Å². The Bertz CT molecular complexity index is 993. The first-order chi connectivity index (χ1) is 14.1. The van der Waals surface area contributed by atoms with E-state index in [0.29, 0.717) is 22.0 Å². The van der Waals surface area contributed by atoms with E-state index < -0.39 is 24.0 Å². The Morgan fingerprint density at radius 2 is 1.93 bits per heavy atom. The van der Waals surface area contributed by atoms with Crippen molar-refractivity contribution in [2.45, 2.75) is 31.4 Å². The number of fused-ring (bicyclic) bond motifs is 1. The molecule has 8 heteroatoms. The second-order valence-corrected chi connectivity index (χ2v) is 7.67. The molecule has 0 N–H and O–H groups in total. The molecule has 1 heterocycles. The second kappa shape index (κ2) is 8.07. The molecule has 0 spiro atoms. The molecule has 1 aliphatic heterocycles. The molecule has 0 aromatic heterocycles. The van der Waals surface area contributed by atoms with Crippen molar-refractivity contribution >= 4 is 29.2 Å². The number of methoxy groups -OCH3 is 1. The largest absolute Gasteiger partial charge is 0.497 e. The summed E-state index contributed by atoms with van der Waals surface area (Å²) in [6.07, 6.45) is -3.72. The Morgan fingerprint density at radius 1 is 1.27 bits per heavy atom. The summed E-state index contributed by atoms with van der Waals surface area (Å²) in [7, 11) is 1.52. The predicted octanol–water partition coefficient (Wildman–Crippen LogP) is 5.02. The maximum atomic E-state index is 13.5. The molecule has 0 radical (unpaired) electrons. The van der Waals surface area contributed by atoms with Crippen molar-refractivity contribution in [3.05, 3.63) is 71.3 Å². The molecular weight excluding hydrogens is 416 g/mol. The van der Waals surface area contributed by atoms with Crippen LogP contribution in [0.2, 0.25) is 5.02 Å². The van der Waals surface area contributed by atoms with Crippen LogP contribution in [-0.2, 0) is 16.0 Å². The van der Waals surface area contributed by atoms with Crippen LogP contribution in [0.5, 0.6) is 5.75 Å². The molecule has 2 aromatic rings. The first-order valence-electron chi connectivity index (χ1n) is 9.09. The molecular formula is C22H20ClF2NO4. The summed E-state index contributed by atoms with van der Waals surface area (Å²) in [5, 5.41) is 0.469. The number of rotatable bonds is 6. The highest BCUT2D eigenvalue weighted by molar-refractivity contribution is 6.30. The van der Waals surface area contributed by atoms with Crippen LogP contribution in [0.4, 0.5) is 14.5 Å². The number of anilines is 1. The van der Waals surface area contributed by atoms with Gasteiger partial charge in [-0.25, -0.2) is 0 Å². The minimum atomic E-state index is -3.78. The van der Waals surface area contributed by atoms with Crippen LogP contribution in [0.25, 0.3) is 0 Å². The number of alkyl halides is 2. The Hall–Kier alpha value is -2.93. The average Bonchev–Trinajstić information content (AvgIpc) is 2.97. The van der Waals surface area contributed by atoms with Gasteiger partial charge in [-0.15, -0.1) is 0 Å². The van der Waals surface area contributed by atoms with E-state index in [0.717, 1.165) is 5.56 Å². The number of carbonyl (C=O) groups excluding carboxylic acids is 2. The third-order valence-electron chi connectivity index (χ3n) is 4.95. The molecule has 0 fully saturated rings. The van der Waals surface area contributed by atoms with E-state index in [1.165, 1.54) is 12.0 Å². The minimum Gasteiger partial charge on any atom is -0.497 e. The first-order valence-corrected chi connectivity index (χ1v) is 9.47. The maximum Gasteiger partial charge on any atom is 0.421 e. The molecule has 2 aromatic carbocycles. The number of hydrogen-bond acceptors (Lipinski definition) is 4. The van der Waals surface area contributed by atoms with Gasteiger partial charge in [0, 0.05) is 22.3 Å². The Balaban J connectivity index is 1.99. The number of amides is 1. The van der Waals surface area contributed by atoms with Gasteiger partial charge in [-0.05, 0) is 61.4 Å². The number of halogens is 3. The number of ether oxygens (including phenoxy) is 2. The molecule has 0 saturated heterocycles. The standard InChI is InChI=1S/C22H20ClF2NO4/c1-4-22(24,25)30-19(27)13-21(2)12-15-11-17(29-3)9-10-18(15)26(21)20(28)14-5-7-16(23)8-6-14/h4-11H,1,12-13H2,2-3H3. The SMILES string of the molecule is C=CC(F)(F)OC(=O)CC1(C)Cc2cc(OC)ccc2N1C(=O)c1ccc(Cl)cc1. The molecule has 0 saturated carbocycles. The number of benzene rings is 2. The maximum absolute atomic E-state index is 13.5. The number of nitrogens with zero attached hydrogens (tertiary/aromatic N) is 1. The van der Waals surface area contributed by atoms with Gasteiger partial charge in [-0.2, -0.15) is 8.78 Å². The highest BCUT2D eigenvalue weighted by Gasteiger charge is 2.46. The van der Waals surface area contributed by atoms with Crippen LogP contribution in [0, 0.1) is 0 Å². The fourth-order valence-corrected chi connectivity index (χ4v) is 3.71. The first kappa shape index (κ1) is 21.8. The molecule has 30 heavy (non-hydrogen) atoms. The highest BCUT2D eigenvalue weighted by Crippen LogP contribution is 2.43. The fourth-order valence-electron chi connectivity index (χ4n) is 3.59. The minimum absolute atomic E-state index is 0.248. The Kier molecular flexibility index (Phi) is 5.85. The van der Waals surface area contributed by atoms with Crippen molar-refractivity contribution in [1.82, 2.24) is 0 Å². The smallest absolute Gasteiger partial charge is 0.421 e. The van der Waals surface area contributed by atoms with Crippen LogP contribution >= 0.6 is 11.6 Å². The van der Waals surface area contributed by atoms with Crippen LogP contribution in [-0.4, -0.2) is 30.6 Å². The van der Waals surface area contributed by atoms with Crippen LogP contribution < -0.4 is 9.64 Å². The van der Waals surface area contributed by atoms with Gasteiger partial charge in [0.25, 0.3) is 5.91 Å². The summed E-state index contributed by atoms with van der Waals surface area (Å²) in [6.45, 7) is 4.61. The summed E-state index contributed by atoms with van der Waals surface area (Å²) in [6, 6.07) is 11.4. The summed E-state index contributed by atoms with van der Waals surface area (Å²) in [5.41, 5.74) is 0.544. The van der Waals surface area contributed by atoms with Crippen LogP contribution in [0.3, 0.4) is 0 Å². The lowest BCUT2D eigenvalue weighted by molar-refractivity contribution is -0.208. The average molecular weight is 436 g/mol. The van der Waals surface area contributed by atoms with Crippen LogP contribution in [0.1, 0.15) is 29.3 Å². The molecule has 0 aliphatic carbocycles. The Labute approximate surface area is 177 Å². The van der Waals surface area contributed by atoms with Crippen molar-refractivity contribution in [1.29, 1.82) is 0 Å². The Morgan fingerprint density at radius 3 is 2.53 bits per heavy atom. The molecule has 1 aliphatic rings. The van der Waals surface area contributed by atoms with E-state index in [2.05, 4.69) is 11.3 Å². The topological polar surface area (TPSA) is 55.8 Å². The van der Waals surface area contributed by atoms with E-state index in [9.17, 15) is 18.4 Å². The summed E-state index contributed by atoms with van der Waals surface area (Å²) in [5.74, 6) is -0.949. The fraction of sp³-hybridized carbons (Fsp3) is 0.273. The summed E-state index contributed by atoms with van der Waals surface area (Å²) in [4.78, 5) is 27.1. The van der Waals surface area contributed by atoms with Crippen molar-refractivity contribution in [3.8, 4) is 5.75 Å².